The predicted octanol–water partition coefficient (Wildman–Crippen LogP) is 0.703. The van der Waals surface area contributed by atoms with Crippen LogP contribution in [0, 0.1) is 23.7 Å². The smallest absolute Gasteiger partial charge is 0.240 e. The van der Waals surface area contributed by atoms with Crippen molar-refractivity contribution in [3.63, 3.8) is 0 Å². The Hall–Kier alpha value is -2.37. The standard InChI is InChI=1S/C16H16N2O4/c19-12(17-7-11-2-1-5-22-11)8-18-15(20)13-9-3-4-10(6-9)14(13)16(18)21/h1-5,9-10,13-14H,6-8H2,(H,17,19)/t9-,10-,13+,14+/m0/s1. The van der Waals surface area contributed by atoms with Gasteiger partial charge in [0.2, 0.25) is 17.7 Å². The zero-order valence-corrected chi connectivity index (χ0v) is 11.9. The summed E-state index contributed by atoms with van der Waals surface area (Å²) in [6.45, 7) is 0.0481. The van der Waals surface area contributed by atoms with Crippen LogP contribution < -0.4 is 5.32 Å². The lowest BCUT2D eigenvalue weighted by molar-refractivity contribution is -0.144. The van der Waals surface area contributed by atoms with Gasteiger partial charge < -0.3 is 9.73 Å². The second-order valence-electron chi connectivity index (χ2n) is 6.12. The van der Waals surface area contributed by atoms with Crippen molar-refractivity contribution in [2.24, 2.45) is 23.7 Å². The average molecular weight is 300 g/mol. The number of carbonyl (C=O) groups excluding carboxylic acids is 3. The Bertz CT molecular complexity index is 634. The molecule has 2 heterocycles. The minimum Gasteiger partial charge on any atom is -0.467 e. The molecule has 0 unspecified atom stereocenters. The second-order valence-corrected chi connectivity index (χ2v) is 6.12. The molecule has 3 amide bonds. The first-order chi connectivity index (χ1) is 10.6. The Kier molecular flexibility index (Phi) is 2.92. The summed E-state index contributed by atoms with van der Waals surface area (Å²) in [5.41, 5.74) is 0. The molecule has 22 heavy (non-hydrogen) atoms. The maximum absolute atomic E-state index is 12.4. The molecule has 0 radical (unpaired) electrons. The Labute approximate surface area is 127 Å². The van der Waals surface area contributed by atoms with Crippen molar-refractivity contribution in [3.8, 4) is 0 Å². The zero-order valence-electron chi connectivity index (χ0n) is 11.9. The molecule has 2 aliphatic carbocycles. The third kappa shape index (κ3) is 1.90. The first kappa shape index (κ1) is 13.3. The van der Waals surface area contributed by atoms with Crippen LogP contribution >= 0.6 is 0 Å². The molecule has 1 saturated carbocycles. The highest BCUT2D eigenvalue weighted by atomic mass is 16.3. The number of nitrogens with zero attached hydrogens (tertiary/aromatic N) is 1. The number of furan rings is 1. The number of carbonyl (C=O) groups is 3. The maximum atomic E-state index is 12.4. The molecule has 1 aromatic rings. The first-order valence-electron chi connectivity index (χ1n) is 7.48. The van der Waals surface area contributed by atoms with E-state index in [-0.39, 0.29) is 54.5 Å². The van der Waals surface area contributed by atoms with E-state index < -0.39 is 0 Å². The van der Waals surface area contributed by atoms with E-state index in [1.54, 1.807) is 12.1 Å². The third-order valence-electron chi connectivity index (χ3n) is 4.90. The van der Waals surface area contributed by atoms with Gasteiger partial charge in [0.1, 0.15) is 12.3 Å². The van der Waals surface area contributed by atoms with Crippen molar-refractivity contribution in [3.05, 3.63) is 36.3 Å². The summed E-state index contributed by atoms with van der Waals surface area (Å²) in [5, 5.41) is 2.66. The normalized spacial score (nSPS) is 31.9. The number of nitrogens with one attached hydrogen (secondary N) is 1. The number of allylic oxidation sites excluding steroid dienone is 2. The monoisotopic (exact) mass is 300 g/mol. The largest absolute Gasteiger partial charge is 0.467 e. The van der Waals surface area contributed by atoms with Gasteiger partial charge in [0, 0.05) is 0 Å². The van der Waals surface area contributed by atoms with Crippen molar-refractivity contribution in [2.45, 2.75) is 13.0 Å². The van der Waals surface area contributed by atoms with Crippen molar-refractivity contribution in [1.82, 2.24) is 10.2 Å². The number of likely N-dealkylation sites (tertiary alicyclic amines) is 1. The second kappa shape index (κ2) is 4.83. The van der Waals surface area contributed by atoms with Crippen LogP contribution in [0.25, 0.3) is 0 Å². The number of imide groups is 1. The summed E-state index contributed by atoms with van der Waals surface area (Å²) in [7, 11) is 0. The molecular formula is C16H16N2O4. The molecule has 114 valence electrons. The lowest BCUT2D eigenvalue weighted by Gasteiger charge is -2.16. The number of rotatable bonds is 4. The van der Waals surface area contributed by atoms with Gasteiger partial charge in [0.05, 0.1) is 24.6 Å². The van der Waals surface area contributed by atoms with Gasteiger partial charge >= 0.3 is 0 Å². The van der Waals surface area contributed by atoms with E-state index >= 15 is 0 Å². The highest BCUT2D eigenvalue weighted by molar-refractivity contribution is 6.08. The Balaban J connectivity index is 1.40. The molecule has 4 rings (SSSR count). The highest BCUT2D eigenvalue weighted by Crippen LogP contribution is 2.52. The van der Waals surface area contributed by atoms with E-state index in [4.69, 9.17) is 4.42 Å². The predicted molar refractivity (Wildman–Crippen MR) is 75.0 cm³/mol. The Morgan fingerprint density at radius 2 is 1.91 bits per heavy atom. The summed E-state index contributed by atoms with van der Waals surface area (Å²) >= 11 is 0. The van der Waals surface area contributed by atoms with Gasteiger partial charge in [0.25, 0.3) is 0 Å². The van der Waals surface area contributed by atoms with Gasteiger partial charge in [0.15, 0.2) is 0 Å². The topological polar surface area (TPSA) is 79.6 Å². The van der Waals surface area contributed by atoms with Gasteiger partial charge in [-0.2, -0.15) is 0 Å². The van der Waals surface area contributed by atoms with Crippen LogP contribution in [0.3, 0.4) is 0 Å². The highest BCUT2D eigenvalue weighted by Gasteiger charge is 2.59. The summed E-state index contributed by atoms with van der Waals surface area (Å²) in [4.78, 5) is 37.9. The molecule has 0 spiro atoms. The summed E-state index contributed by atoms with van der Waals surface area (Å²) in [6, 6.07) is 3.49. The van der Waals surface area contributed by atoms with E-state index in [0.717, 1.165) is 11.3 Å². The van der Waals surface area contributed by atoms with Crippen molar-refractivity contribution < 1.29 is 18.8 Å². The molecule has 1 saturated heterocycles. The third-order valence-corrected chi connectivity index (χ3v) is 4.90. The molecule has 1 N–H and O–H groups in total. The number of fused-ring (bicyclic) bond motifs is 5. The fourth-order valence-corrected chi connectivity index (χ4v) is 3.92. The van der Waals surface area contributed by atoms with E-state index in [2.05, 4.69) is 5.32 Å². The fourth-order valence-electron chi connectivity index (χ4n) is 3.92. The Morgan fingerprint density at radius 3 is 2.50 bits per heavy atom. The molecule has 1 aliphatic heterocycles. The van der Waals surface area contributed by atoms with E-state index in [9.17, 15) is 14.4 Å². The quantitative estimate of drug-likeness (QED) is 0.656. The molecule has 6 heteroatoms. The lowest BCUT2D eigenvalue weighted by atomic mass is 9.85. The van der Waals surface area contributed by atoms with Crippen molar-refractivity contribution >= 4 is 17.7 Å². The van der Waals surface area contributed by atoms with Crippen LogP contribution in [0.1, 0.15) is 12.2 Å². The summed E-state index contributed by atoms with van der Waals surface area (Å²) in [6.07, 6.45) is 6.50. The minimum atomic E-state index is -0.349. The summed E-state index contributed by atoms with van der Waals surface area (Å²) in [5.74, 6) is -0.268. The zero-order chi connectivity index (χ0) is 15.3. The van der Waals surface area contributed by atoms with E-state index in [1.165, 1.54) is 6.26 Å². The minimum absolute atomic E-state index is 0.169. The van der Waals surface area contributed by atoms with Crippen LogP contribution in [0.15, 0.2) is 35.0 Å². The van der Waals surface area contributed by atoms with Crippen LogP contribution in [-0.4, -0.2) is 29.2 Å². The van der Waals surface area contributed by atoms with Crippen molar-refractivity contribution in [2.75, 3.05) is 6.54 Å². The van der Waals surface area contributed by atoms with Gasteiger partial charge in [-0.1, -0.05) is 12.2 Å². The van der Waals surface area contributed by atoms with Gasteiger partial charge in [-0.3, -0.25) is 19.3 Å². The van der Waals surface area contributed by atoms with Gasteiger partial charge in [-0.25, -0.2) is 0 Å². The van der Waals surface area contributed by atoms with Gasteiger partial charge in [-0.05, 0) is 30.4 Å². The number of hydrogen-bond donors (Lipinski definition) is 1. The molecule has 2 fully saturated rings. The van der Waals surface area contributed by atoms with Crippen molar-refractivity contribution in [1.29, 1.82) is 0 Å². The van der Waals surface area contributed by atoms with Gasteiger partial charge in [-0.15, -0.1) is 0 Å². The number of amides is 3. The molecule has 0 aromatic carbocycles. The summed E-state index contributed by atoms with van der Waals surface area (Å²) < 4.78 is 5.12. The molecule has 6 nitrogen and oxygen atoms in total. The van der Waals surface area contributed by atoms with E-state index in [1.807, 2.05) is 12.2 Å². The molecule has 3 aliphatic rings. The Morgan fingerprint density at radius 1 is 1.23 bits per heavy atom. The van der Waals surface area contributed by atoms with Crippen LogP contribution in [-0.2, 0) is 20.9 Å². The average Bonchev–Trinajstić information content (AvgIpc) is 3.26. The molecule has 1 aromatic heterocycles. The molecule has 4 atom stereocenters. The SMILES string of the molecule is O=C(CN1C(=O)[C@H]2[C@H](C1=O)[C@H]1C=C[C@H]2C1)NCc1ccco1. The molecule has 2 bridgehead atoms. The maximum Gasteiger partial charge on any atom is 0.240 e. The van der Waals surface area contributed by atoms with Crippen LogP contribution in [0.4, 0.5) is 0 Å². The van der Waals surface area contributed by atoms with Crippen LogP contribution in [0.2, 0.25) is 0 Å². The fraction of sp³-hybridized carbons (Fsp3) is 0.438. The van der Waals surface area contributed by atoms with Crippen LogP contribution in [0.5, 0.6) is 0 Å². The molecular weight excluding hydrogens is 284 g/mol. The van der Waals surface area contributed by atoms with E-state index in [0.29, 0.717) is 5.76 Å². The number of hydrogen-bond acceptors (Lipinski definition) is 4. The first-order valence-corrected chi connectivity index (χ1v) is 7.48. The lowest BCUT2D eigenvalue weighted by Crippen LogP contribution is -2.41.